The molecule has 10 heteroatoms. The van der Waals surface area contributed by atoms with E-state index in [2.05, 4.69) is 24.0 Å². The number of fused-ring (bicyclic) bond motifs is 1. The van der Waals surface area contributed by atoms with Crippen LogP contribution in [-0.2, 0) is 6.54 Å². The average molecular weight is 612 g/mol. The molecule has 1 aliphatic rings. The molecule has 42 heavy (non-hydrogen) atoms. The van der Waals surface area contributed by atoms with Crippen LogP contribution in [0.1, 0.15) is 58.3 Å². The van der Waals surface area contributed by atoms with Gasteiger partial charge in [-0.2, -0.15) is 0 Å². The third kappa shape index (κ3) is 5.91. The quantitative estimate of drug-likeness (QED) is 0.192. The summed E-state index contributed by atoms with van der Waals surface area (Å²) in [6.07, 6.45) is 4.96. The van der Waals surface area contributed by atoms with Crippen molar-refractivity contribution in [1.82, 2.24) is 14.8 Å². The molecule has 5 rings (SSSR count). The minimum atomic E-state index is -0.665. The van der Waals surface area contributed by atoms with Crippen LogP contribution in [0.25, 0.3) is 21.2 Å². The lowest BCUT2D eigenvalue weighted by Crippen LogP contribution is -2.44. The zero-order chi connectivity index (χ0) is 30.1. The van der Waals surface area contributed by atoms with Gasteiger partial charge in [0.1, 0.15) is 28.0 Å². The number of rotatable bonds is 8. The monoisotopic (exact) mass is 611 g/mol. The van der Waals surface area contributed by atoms with E-state index in [9.17, 15) is 18.4 Å². The van der Waals surface area contributed by atoms with E-state index < -0.39 is 11.6 Å². The lowest BCUT2D eigenvalue weighted by molar-refractivity contribution is 0.0573. The molecule has 2 heterocycles. The number of benzene rings is 2. The fourth-order valence-electron chi connectivity index (χ4n) is 5.69. The fourth-order valence-corrected chi connectivity index (χ4v) is 7.19. The topological polar surface area (TPSA) is 62.7 Å². The highest BCUT2D eigenvalue weighted by Gasteiger charge is 2.33. The second-order valence-electron chi connectivity index (χ2n) is 10.9. The highest BCUT2D eigenvalue weighted by atomic mass is 35.5. The van der Waals surface area contributed by atoms with Gasteiger partial charge in [0.25, 0.3) is 5.91 Å². The predicted octanol–water partition coefficient (Wildman–Crippen LogP) is 7.62. The van der Waals surface area contributed by atoms with Crippen molar-refractivity contribution >= 4 is 44.7 Å². The van der Waals surface area contributed by atoms with Gasteiger partial charge in [-0.05, 0) is 87.3 Å². The van der Waals surface area contributed by atoms with Gasteiger partial charge in [0.2, 0.25) is 0 Å². The number of halogens is 3. The number of carbonyl (C=O) groups excluding carboxylic acids is 2. The second kappa shape index (κ2) is 12.5. The van der Waals surface area contributed by atoms with Crippen molar-refractivity contribution in [2.45, 2.75) is 51.2 Å². The van der Waals surface area contributed by atoms with E-state index in [0.29, 0.717) is 17.5 Å². The Hall–Kier alpha value is -3.40. The fraction of sp³-hybridized carbons (Fsp3) is 0.344. The van der Waals surface area contributed by atoms with Gasteiger partial charge in [0.15, 0.2) is 5.78 Å². The largest absolute Gasteiger partial charge is 0.496 e. The van der Waals surface area contributed by atoms with Crippen molar-refractivity contribution in [2.24, 2.45) is 0 Å². The Morgan fingerprint density at radius 1 is 1.00 bits per heavy atom. The molecule has 0 N–H and O–H groups in total. The van der Waals surface area contributed by atoms with Crippen LogP contribution in [0.15, 0.2) is 48.7 Å². The first-order chi connectivity index (χ1) is 20.1. The van der Waals surface area contributed by atoms with Crippen molar-refractivity contribution in [3.05, 3.63) is 81.5 Å². The third-order valence-electron chi connectivity index (χ3n) is 8.05. The van der Waals surface area contributed by atoms with Gasteiger partial charge in [-0.25, -0.2) is 8.78 Å². The van der Waals surface area contributed by atoms with E-state index in [-0.39, 0.29) is 44.3 Å². The molecule has 2 aromatic carbocycles. The summed E-state index contributed by atoms with van der Waals surface area (Å²) in [4.78, 5) is 34.4. The van der Waals surface area contributed by atoms with Crippen LogP contribution in [0.3, 0.4) is 0 Å². The first kappa shape index (κ1) is 30.1. The Morgan fingerprint density at radius 3 is 2.31 bits per heavy atom. The first-order valence-corrected chi connectivity index (χ1v) is 15.0. The van der Waals surface area contributed by atoms with Gasteiger partial charge in [0.05, 0.1) is 22.2 Å². The summed E-state index contributed by atoms with van der Waals surface area (Å²) < 4.78 is 35.0. The first-order valence-electron chi connectivity index (χ1n) is 13.8. The molecule has 0 atom stereocenters. The summed E-state index contributed by atoms with van der Waals surface area (Å²) in [5, 5.41) is -0.141. The second-order valence-corrected chi connectivity index (χ2v) is 12.2. The minimum Gasteiger partial charge on any atom is -0.496 e. The van der Waals surface area contributed by atoms with Crippen LogP contribution in [0, 0.1) is 11.6 Å². The highest BCUT2D eigenvalue weighted by Crippen LogP contribution is 2.41. The van der Waals surface area contributed by atoms with E-state index in [1.165, 1.54) is 6.92 Å². The number of ether oxygens (including phenoxy) is 1. The number of thiophene rings is 1. The van der Waals surface area contributed by atoms with Crippen molar-refractivity contribution < 1.29 is 23.1 Å². The van der Waals surface area contributed by atoms with E-state index in [4.69, 9.17) is 16.3 Å². The molecule has 0 aliphatic heterocycles. The molecule has 2 aromatic heterocycles. The number of hydrogen-bond donors (Lipinski definition) is 0. The summed E-state index contributed by atoms with van der Waals surface area (Å²) in [7, 11) is 5.68. The lowest BCUT2D eigenvalue weighted by atomic mass is 9.89. The van der Waals surface area contributed by atoms with E-state index in [1.807, 2.05) is 24.3 Å². The number of Topliss-reactive ketones (excluding diaryl/α,β-unsaturated/α-hetero) is 1. The van der Waals surface area contributed by atoms with Gasteiger partial charge < -0.3 is 14.5 Å². The van der Waals surface area contributed by atoms with E-state index >= 15 is 0 Å². The average Bonchev–Trinajstić information content (AvgIpc) is 3.35. The maximum Gasteiger partial charge on any atom is 0.266 e. The van der Waals surface area contributed by atoms with Crippen LogP contribution in [0.4, 0.5) is 8.78 Å². The predicted molar refractivity (Wildman–Crippen MR) is 163 cm³/mol. The Kier molecular flexibility index (Phi) is 8.92. The number of methoxy groups -OCH3 is 1. The molecular formula is C32H32ClF2N3O3S. The number of aromatic nitrogens is 1. The summed E-state index contributed by atoms with van der Waals surface area (Å²) in [6.45, 7) is 1.67. The molecule has 0 radical (unpaired) electrons. The van der Waals surface area contributed by atoms with Gasteiger partial charge in [-0.1, -0.05) is 17.7 Å². The lowest BCUT2D eigenvalue weighted by Gasteiger charge is -2.39. The molecule has 1 saturated carbocycles. The summed E-state index contributed by atoms with van der Waals surface area (Å²) in [5.41, 5.74) is 2.76. The number of ketones is 1. The van der Waals surface area contributed by atoms with Crippen LogP contribution in [-0.4, -0.2) is 59.8 Å². The molecule has 1 fully saturated rings. The smallest absolute Gasteiger partial charge is 0.266 e. The Balaban J connectivity index is 1.56. The van der Waals surface area contributed by atoms with E-state index in [1.54, 1.807) is 24.3 Å². The summed E-state index contributed by atoms with van der Waals surface area (Å²) >= 11 is 7.45. The standard InChI is InChI=1S/C32H32ClF2N3O3S/c1-18(39)26-16-20(13-14-36-26)19-5-12-27(41-4)21(15-19)17-38(23-8-6-22(7-9-23)37(2)3)32(40)31-29(33)28-24(34)10-11-25(35)30(28)42-31/h5,10-16,22-23H,6-9,17H2,1-4H3. The normalized spacial score (nSPS) is 17.0. The number of hydrogen-bond acceptors (Lipinski definition) is 6. The number of carbonyl (C=O) groups is 2. The number of nitrogens with zero attached hydrogens (tertiary/aromatic N) is 3. The number of pyridine rings is 1. The van der Waals surface area contributed by atoms with Crippen LogP contribution in [0.5, 0.6) is 5.75 Å². The molecule has 6 nitrogen and oxygen atoms in total. The highest BCUT2D eigenvalue weighted by molar-refractivity contribution is 7.21. The van der Waals surface area contributed by atoms with Gasteiger partial charge in [-0.15, -0.1) is 11.3 Å². The molecule has 1 aliphatic carbocycles. The summed E-state index contributed by atoms with van der Waals surface area (Å²) in [6, 6.07) is 11.6. The molecule has 0 spiro atoms. The Morgan fingerprint density at radius 2 is 1.67 bits per heavy atom. The molecule has 4 aromatic rings. The van der Waals surface area contributed by atoms with Crippen LogP contribution < -0.4 is 4.74 Å². The van der Waals surface area contributed by atoms with Crippen molar-refractivity contribution in [1.29, 1.82) is 0 Å². The van der Waals surface area contributed by atoms with Gasteiger partial charge >= 0.3 is 0 Å². The Bertz CT molecular complexity index is 1650. The molecule has 0 unspecified atom stereocenters. The van der Waals surface area contributed by atoms with Crippen molar-refractivity contribution in [3.63, 3.8) is 0 Å². The molecule has 0 bridgehead atoms. The van der Waals surface area contributed by atoms with E-state index in [0.717, 1.165) is 65.8 Å². The zero-order valence-corrected chi connectivity index (χ0v) is 25.5. The molecule has 0 saturated heterocycles. The van der Waals surface area contributed by atoms with Crippen molar-refractivity contribution in [3.8, 4) is 16.9 Å². The summed E-state index contributed by atoms with van der Waals surface area (Å²) in [5.74, 6) is -1.19. The van der Waals surface area contributed by atoms with Gasteiger partial charge in [-0.3, -0.25) is 14.6 Å². The Labute approximate surface area is 252 Å². The minimum absolute atomic E-state index is 0.0261. The van der Waals surface area contributed by atoms with Crippen LogP contribution in [0.2, 0.25) is 5.02 Å². The molecular weight excluding hydrogens is 580 g/mol. The molecule has 1 amide bonds. The van der Waals surface area contributed by atoms with Crippen LogP contribution >= 0.6 is 22.9 Å². The third-order valence-corrected chi connectivity index (χ3v) is 9.73. The van der Waals surface area contributed by atoms with Crippen molar-refractivity contribution in [2.75, 3.05) is 21.2 Å². The zero-order valence-electron chi connectivity index (χ0n) is 23.9. The SMILES string of the molecule is COc1ccc(-c2ccnc(C(C)=O)c2)cc1CN(C(=O)c1sc2c(F)ccc(F)c2c1Cl)C1CCC(N(C)C)CC1. The molecule has 220 valence electrons. The maximum absolute atomic E-state index is 14.7. The maximum atomic E-state index is 14.7. The van der Waals surface area contributed by atoms with Gasteiger partial charge in [0, 0.05) is 37.3 Å². The number of amides is 1.